The molecular formula is C11H10F3IO. The molecule has 1 aromatic rings. The van der Waals surface area contributed by atoms with Gasteiger partial charge < -0.3 is 0 Å². The van der Waals surface area contributed by atoms with Crippen molar-refractivity contribution in [1.29, 1.82) is 0 Å². The quantitative estimate of drug-likeness (QED) is 0.399. The van der Waals surface area contributed by atoms with Crippen LogP contribution >= 0.6 is 19.8 Å². The summed E-state index contributed by atoms with van der Waals surface area (Å²) in [7, 11) is 0. The Balaban J connectivity index is 2.65. The van der Waals surface area contributed by atoms with Crippen molar-refractivity contribution in [3.8, 4) is 0 Å². The molecule has 0 spiro atoms. The molecule has 1 aromatic carbocycles. The third kappa shape index (κ3) is 1.56. The Morgan fingerprint density at radius 2 is 1.75 bits per heavy atom. The number of hydrogen-bond donors (Lipinski definition) is 0. The summed E-state index contributed by atoms with van der Waals surface area (Å²) in [6.45, 7) is 3.16. The van der Waals surface area contributed by atoms with Gasteiger partial charge in [0.15, 0.2) is 0 Å². The molecule has 0 amide bonds. The van der Waals surface area contributed by atoms with E-state index in [4.69, 9.17) is 0 Å². The minimum absolute atomic E-state index is 0.259. The molecule has 1 heterocycles. The minimum atomic E-state index is -4.34. The van der Waals surface area contributed by atoms with Crippen LogP contribution in [0.15, 0.2) is 24.3 Å². The van der Waals surface area contributed by atoms with Gasteiger partial charge in [-0.1, -0.05) is 0 Å². The Hall–Kier alpha value is -0.590. The van der Waals surface area contributed by atoms with E-state index in [1.54, 1.807) is 32.0 Å². The predicted octanol–water partition coefficient (Wildman–Crippen LogP) is 3.70. The van der Waals surface area contributed by atoms with E-state index in [9.17, 15) is 18.0 Å². The summed E-state index contributed by atoms with van der Waals surface area (Å²) in [4.78, 5) is 11.9. The van der Waals surface area contributed by atoms with Crippen molar-refractivity contribution in [2.45, 2.75) is 23.4 Å². The molecule has 0 atom stereocenters. The van der Waals surface area contributed by atoms with Gasteiger partial charge in [-0.2, -0.15) is 0 Å². The van der Waals surface area contributed by atoms with E-state index in [1.165, 1.54) is 6.07 Å². The van der Waals surface area contributed by atoms with Crippen molar-refractivity contribution in [3.63, 3.8) is 0 Å². The van der Waals surface area contributed by atoms with Crippen molar-refractivity contribution in [2.75, 3.05) is 0 Å². The van der Waals surface area contributed by atoms with Gasteiger partial charge in [0, 0.05) is 0 Å². The molecule has 0 fully saturated rings. The van der Waals surface area contributed by atoms with Crippen molar-refractivity contribution >= 4 is 23.6 Å². The van der Waals surface area contributed by atoms with Crippen LogP contribution in [-0.2, 0) is 10.2 Å². The number of alkyl halides is 4. The van der Waals surface area contributed by atoms with E-state index < -0.39 is 33.2 Å². The molecule has 0 radical (unpaired) electrons. The fraction of sp³-hybridized carbons (Fsp3) is 0.364. The van der Waals surface area contributed by atoms with Gasteiger partial charge in [0.05, 0.1) is 0 Å². The third-order valence-corrected chi connectivity index (χ3v) is 8.28. The molecule has 0 aromatic heterocycles. The molecule has 0 N–H and O–H groups in total. The summed E-state index contributed by atoms with van der Waals surface area (Å²) in [5.41, 5.74) is -0.417. The van der Waals surface area contributed by atoms with Crippen LogP contribution in [0.2, 0.25) is 0 Å². The van der Waals surface area contributed by atoms with E-state index in [0.717, 1.165) is 0 Å². The van der Waals surface area contributed by atoms with Crippen LogP contribution in [-0.4, -0.2) is 7.97 Å². The second-order valence-corrected chi connectivity index (χ2v) is 9.07. The first-order valence-electron chi connectivity index (χ1n) is 4.67. The summed E-state index contributed by atoms with van der Waals surface area (Å²) in [5, 5.41) is 0. The fourth-order valence-electron chi connectivity index (χ4n) is 1.78. The zero-order chi connectivity index (χ0) is 12.1. The number of hydrogen-bond acceptors (Lipinski definition) is 1. The molecule has 0 bridgehead atoms. The summed E-state index contributed by atoms with van der Waals surface area (Å²) in [6.07, 6.45) is 0. The molecule has 0 saturated heterocycles. The second-order valence-electron chi connectivity index (χ2n) is 4.09. The number of benzene rings is 1. The van der Waals surface area contributed by atoms with Crippen molar-refractivity contribution in [2.24, 2.45) is 0 Å². The van der Waals surface area contributed by atoms with Crippen LogP contribution in [0.4, 0.5) is 13.2 Å². The maximum atomic E-state index is 12.9. The van der Waals surface area contributed by atoms with Gasteiger partial charge in [0.1, 0.15) is 0 Å². The molecule has 16 heavy (non-hydrogen) atoms. The number of carbonyl (C=O) groups excluding carboxylic acids is 1. The normalized spacial score (nSPS) is 21.1. The van der Waals surface area contributed by atoms with E-state index >= 15 is 0 Å². The van der Waals surface area contributed by atoms with Crippen LogP contribution in [0.5, 0.6) is 0 Å². The Labute approximate surface area is 98.4 Å². The average molecular weight is 342 g/mol. The van der Waals surface area contributed by atoms with Gasteiger partial charge in [-0.05, 0) is 0 Å². The van der Waals surface area contributed by atoms with E-state index in [2.05, 4.69) is 0 Å². The first-order valence-corrected chi connectivity index (χ1v) is 7.90. The molecule has 0 saturated carbocycles. The van der Waals surface area contributed by atoms with Crippen LogP contribution in [0.25, 0.3) is 0 Å². The van der Waals surface area contributed by atoms with Gasteiger partial charge in [-0.25, -0.2) is 0 Å². The van der Waals surface area contributed by atoms with E-state index in [0.29, 0.717) is 5.56 Å². The molecule has 0 aliphatic carbocycles. The standard InChI is InChI=1S/C11H10F3IO/c1-10(2)7-5-3-4-6-8(7)15(9(10)16)11(12,13)14/h3-6H,1-2H3. The maximum absolute atomic E-state index is 12.9. The first kappa shape index (κ1) is 11.9. The van der Waals surface area contributed by atoms with Crippen molar-refractivity contribution < 1.29 is 18.0 Å². The van der Waals surface area contributed by atoms with Crippen molar-refractivity contribution in [1.82, 2.24) is 0 Å². The molecule has 1 aliphatic heterocycles. The molecule has 5 heteroatoms. The van der Waals surface area contributed by atoms with Crippen LogP contribution in [0.1, 0.15) is 19.4 Å². The van der Waals surface area contributed by atoms with Crippen LogP contribution in [0.3, 0.4) is 0 Å². The van der Waals surface area contributed by atoms with E-state index in [-0.39, 0.29) is 3.57 Å². The summed E-state index contributed by atoms with van der Waals surface area (Å²) in [6, 6.07) is 6.35. The monoisotopic (exact) mass is 342 g/mol. The molecule has 2 rings (SSSR count). The predicted molar refractivity (Wildman–Crippen MR) is 63.2 cm³/mol. The van der Waals surface area contributed by atoms with Gasteiger partial charge in [0.2, 0.25) is 0 Å². The van der Waals surface area contributed by atoms with Gasteiger partial charge >= 0.3 is 98.4 Å². The molecule has 0 unspecified atom stereocenters. The van der Waals surface area contributed by atoms with Gasteiger partial charge in [-0.15, -0.1) is 0 Å². The van der Waals surface area contributed by atoms with Crippen molar-refractivity contribution in [3.05, 3.63) is 33.4 Å². The number of rotatable bonds is 0. The second kappa shape index (κ2) is 3.45. The molecule has 1 aliphatic rings. The van der Waals surface area contributed by atoms with Gasteiger partial charge in [-0.3, -0.25) is 0 Å². The Bertz CT molecular complexity index is 451. The summed E-state index contributed by atoms with van der Waals surface area (Å²) < 4.78 is 34.0. The molecule has 88 valence electrons. The SMILES string of the molecule is CC1(C)C(=O)I(C(F)(F)F)c2ccccc21. The topological polar surface area (TPSA) is 17.1 Å². The summed E-state index contributed by atoms with van der Waals surface area (Å²) >= 11 is -3.73. The average Bonchev–Trinajstić information content (AvgIpc) is 2.35. The Morgan fingerprint density at radius 3 is 2.31 bits per heavy atom. The zero-order valence-corrected chi connectivity index (χ0v) is 10.9. The summed E-state index contributed by atoms with van der Waals surface area (Å²) in [5.74, 6) is 0. The van der Waals surface area contributed by atoms with E-state index in [1.807, 2.05) is 0 Å². The molecule has 1 nitrogen and oxygen atoms in total. The fourth-order valence-corrected chi connectivity index (χ4v) is 7.16. The van der Waals surface area contributed by atoms with Crippen LogP contribution < -0.4 is 0 Å². The Kier molecular flexibility index (Phi) is 2.56. The number of carbonyl (C=O) groups is 1. The number of halogens is 4. The number of fused-ring (bicyclic) bond motifs is 1. The Morgan fingerprint density at radius 1 is 1.19 bits per heavy atom. The molecular weight excluding hydrogens is 332 g/mol. The van der Waals surface area contributed by atoms with Crippen LogP contribution in [0, 0.1) is 3.57 Å². The third-order valence-electron chi connectivity index (χ3n) is 2.63. The first-order chi connectivity index (χ1) is 7.26. The van der Waals surface area contributed by atoms with Gasteiger partial charge in [0.25, 0.3) is 0 Å². The zero-order valence-electron chi connectivity index (χ0n) is 8.73.